The van der Waals surface area contributed by atoms with Crippen molar-refractivity contribution in [3.05, 3.63) is 16.9 Å². The molecule has 15 heavy (non-hydrogen) atoms. The Hall–Kier alpha value is -0.190. The number of aromatic nitrogens is 2. The van der Waals surface area contributed by atoms with E-state index in [4.69, 9.17) is 11.6 Å². The van der Waals surface area contributed by atoms with Crippen molar-refractivity contribution in [2.75, 3.05) is 12.0 Å². The lowest BCUT2D eigenvalue weighted by Gasteiger charge is -2.16. The second kappa shape index (κ2) is 5.77. The van der Waals surface area contributed by atoms with Crippen LogP contribution >= 0.6 is 23.4 Å². The van der Waals surface area contributed by atoms with Gasteiger partial charge in [0, 0.05) is 6.04 Å². The summed E-state index contributed by atoms with van der Waals surface area (Å²) in [6.45, 7) is 4.04. The first kappa shape index (κ1) is 12.9. The van der Waals surface area contributed by atoms with E-state index in [1.165, 1.54) is 0 Å². The third-order valence-corrected chi connectivity index (χ3v) is 3.12. The van der Waals surface area contributed by atoms with Crippen LogP contribution in [0.2, 0.25) is 5.02 Å². The predicted molar refractivity (Wildman–Crippen MR) is 65.6 cm³/mol. The van der Waals surface area contributed by atoms with Crippen LogP contribution in [0.25, 0.3) is 0 Å². The van der Waals surface area contributed by atoms with Gasteiger partial charge in [0.1, 0.15) is 0 Å². The van der Waals surface area contributed by atoms with E-state index in [0.717, 1.165) is 11.4 Å². The summed E-state index contributed by atoms with van der Waals surface area (Å²) >= 11 is 7.73. The zero-order chi connectivity index (χ0) is 11.4. The van der Waals surface area contributed by atoms with Gasteiger partial charge in [-0.2, -0.15) is 16.9 Å². The first-order valence-electron chi connectivity index (χ1n) is 4.97. The van der Waals surface area contributed by atoms with Gasteiger partial charge in [-0.25, -0.2) is 0 Å². The van der Waals surface area contributed by atoms with Gasteiger partial charge in [-0.15, -0.1) is 0 Å². The van der Waals surface area contributed by atoms with Gasteiger partial charge in [-0.3, -0.25) is 4.68 Å². The lowest BCUT2D eigenvalue weighted by Crippen LogP contribution is -2.12. The van der Waals surface area contributed by atoms with E-state index in [0.29, 0.717) is 11.4 Å². The Labute approximate surface area is 99.8 Å². The molecule has 1 atom stereocenters. The highest BCUT2D eigenvalue weighted by Gasteiger charge is 2.18. The lowest BCUT2D eigenvalue weighted by atomic mass is 10.2. The molecule has 3 nitrogen and oxygen atoms in total. The molecule has 5 heteroatoms. The van der Waals surface area contributed by atoms with Gasteiger partial charge in [0.05, 0.1) is 23.0 Å². The maximum Gasteiger partial charge on any atom is 0.0979 e. The molecule has 0 saturated heterocycles. The summed E-state index contributed by atoms with van der Waals surface area (Å²) in [5.41, 5.74) is 0.737. The molecule has 86 valence electrons. The fourth-order valence-electron chi connectivity index (χ4n) is 1.44. The van der Waals surface area contributed by atoms with Crippen molar-refractivity contribution in [1.82, 2.24) is 9.78 Å². The minimum atomic E-state index is -0.519. The zero-order valence-electron chi connectivity index (χ0n) is 9.27. The first-order valence-corrected chi connectivity index (χ1v) is 6.75. The predicted octanol–water partition coefficient (Wildman–Crippen LogP) is 2.90. The summed E-state index contributed by atoms with van der Waals surface area (Å²) in [7, 11) is 0. The van der Waals surface area contributed by atoms with E-state index < -0.39 is 6.10 Å². The standard InChI is InChI=1S/C10H17ClN2OS/c1-7(2)13-10(8(11)6-12-13)9(14)4-5-15-3/h6-7,9,14H,4-5H2,1-3H3. The molecule has 1 aromatic heterocycles. The molecule has 0 bridgehead atoms. The van der Waals surface area contributed by atoms with Gasteiger partial charge in [0.2, 0.25) is 0 Å². The molecule has 0 radical (unpaired) electrons. The maximum atomic E-state index is 9.99. The van der Waals surface area contributed by atoms with Crippen molar-refractivity contribution in [1.29, 1.82) is 0 Å². The van der Waals surface area contributed by atoms with Crippen LogP contribution in [0.3, 0.4) is 0 Å². The van der Waals surface area contributed by atoms with E-state index >= 15 is 0 Å². The van der Waals surface area contributed by atoms with Gasteiger partial charge in [0.25, 0.3) is 0 Å². The average Bonchev–Trinajstić information content (AvgIpc) is 2.56. The van der Waals surface area contributed by atoms with Crippen molar-refractivity contribution in [2.24, 2.45) is 0 Å². The van der Waals surface area contributed by atoms with Gasteiger partial charge >= 0.3 is 0 Å². The highest BCUT2D eigenvalue weighted by atomic mass is 35.5. The Balaban J connectivity index is 2.85. The number of hydrogen-bond acceptors (Lipinski definition) is 3. The SMILES string of the molecule is CSCCC(O)c1c(Cl)cnn1C(C)C. The molecule has 1 N–H and O–H groups in total. The smallest absolute Gasteiger partial charge is 0.0979 e. The number of rotatable bonds is 5. The van der Waals surface area contributed by atoms with E-state index in [9.17, 15) is 5.11 Å². The van der Waals surface area contributed by atoms with Crippen LogP contribution in [0.4, 0.5) is 0 Å². The van der Waals surface area contributed by atoms with Crippen LogP contribution in [0, 0.1) is 0 Å². The third kappa shape index (κ3) is 3.13. The Morgan fingerprint density at radius 2 is 2.27 bits per heavy atom. The molecule has 0 amide bonds. The van der Waals surface area contributed by atoms with Crippen molar-refractivity contribution in [2.45, 2.75) is 32.4 Å². The molecule has 0 aliphatic carbocycles. The lowest BCUT2D eigenvalue weighted by molar-refractivity contribution is 0.161. The van der Waals surface area contributed by atoms with Crippen LogP contribution in [0.1, 0.15) is 38.1 Å². The summed E-state index contributed by atoms with van der Waals surface area (Å²) in [6.07, 6.45) is 3.81. The van der Waals surface area contributed by atoms with Crippen LogP contribution in [0.5, 0.6) is 0 Å². The topological polar surface area (TPSA) is 38.1 Å². The number of aliphatic hydroxyl groups excluding tert-OH is 1. The fraction of sp³-hybridized carbons (Fsp3) is 0.700. The van der Waals surface area contributed by atoms with Gasteiger partial charge in [-0.05, 0) is 32.3 Å². The second-order valence-corrected chi connectivity index (χ2v) is 5.11. The summed E-state index contributed by atoms with van der Waals surface area (Å²) in [5.74, 6) is 0.917. The van der Waals surface area contributed by atoms with Crippen LogP contribution in [-0.4, -0.2) is 26.9 Å². The number of nitrogens with zero attached hydrogens (tertiary/aromatic N) is 2. The molecular weight excluding hydrogens is 232 g/mol. The Kier molecular flexibility index (Phi) is 4.96. The molecule has 0 fully saturated rings. The normalized spacial score (nSPS) is 13.5. The van der Waals surface area contributed by atoms with E-state index in [1.54, 1.807) is 22.6 Å². The van der Waals surface area contributed by atoms with Crippen molar-refractivity contribution in [3.63, 3.8) is 0 Å². The fourth-order valence-corrected chi connectivity index (χ4v) is 2.16. The maximum absolute atomic E-state index is 9.99. The van der Waals surface area contributed by atoms with E-state index in [1.807, 2.05) is 20.1 Å². The van der Waals surface area contributed by atoms with Gasteiger partial charge < -0.3 is 5.11 Å². The number of halogens is 1. The molecule has 1 unspecified atom stereocenters. The Morgan fingerprint density at radius 3 is 2.80 bits per heavy atom. The van der Waals surface area contributed by atoms with Crippen molar-refractivity contribution >= 4 is 23.4 Å². The molecule has 1 aromatic rings. The molecule has 0 aliphatic heterocycles. The monoisotopic (exact) mass is 248 g/mol. The number of hydrogen-bond donors (Lipinski definition) is 1. The van der Waals surface area contributed by atoms with Crippen molar-refractivity contribution in [3.8, 4) is 0 Å². The molecule has 0 spiro atoms. The largest absolute Gasteiger partial charge is 0.387 e. The average molecular weight is 249 g/mol. The van der Waals surface area contributed by atoms with Crippen LogP contribution in [-0.2, 0) is 0 Å². The summed E-state index contributed by atoms with van der Waals surface area (Å²) < 4.78 is 1.79. The summed E-state index contributed by atoms with van der Waals surface area (Å²) in [6, 6.07) is 0.219. The highest BCUT2D eigenvalue weighted by molar-refractivity contribution is 7.98. The number of thioether (sulfide) groups is 1. The Bertz CT molecular complexity index is 314. The summed E-state index contributed by atoms with van der Waals surface area (Å²) in [5, 5.41) is 14.7. The third-order valence-electron chi connectivity index (χ3n) is 2.19. The molecule has 0 aromatic carbocycles. The second-order valence-electron chi connectivity index (χ2n) is 3.71. The van der Waals surface area contributed by atoms with E-state index in [2.05, 4.69) is 5.10 Å². The van der Waals surface area contributed by atoms with Crippen LogP contribution in [0.15, 0.2) is 6.20 Å². The first-order chi connectivity index (χ1) is 7.07. The van der Waals surface area contributed by atoms with Gasteiger partial charge in [0.15, 0.2) is 0 Å². The quantitative estimate of drug-likeness (QED) is 0.871. The molecule has 0 aliphatic rings. The number of aliphatic hydroxyl groups is 1. The van der Waals surface area contributed by atoms with Crippen molar-refractivity contribution < 1.29 is 5.11 Å². The zero-order valence-corrected chi connectivity index (χ0v) is 10.8. The highest BCUT2D eigenvalue weighted by Crippen LogP contribution is 2.27. The summed E-state index contributed by atoms with van der Waals surface area (Å²) in [4.78, 5) is 0. The molecular formula is C10H17ClN2OS. The van der Waals surface area contributed by atoms with Gasteiger partial charge in [-0.1, -0.05) is 11.6 Å². The Morgan fingerprint density at radius 1 is 1.60 bits per heavy atom. The minimum Gasteiger partial charge on any atom is -0.387 e. The minimum absolute atomic E-state index is 0.219. The molecule has 0 saturated carbocycles. The van der Waals surface area contributed by atoms with E-state index in [-0.39, 0.29) is 6.04 Å². The molecule has 1 rings (SSSR count). The van der Waals surface area contributed by atoms with Crippen LogP contribution < -0.4 is 0 Å². The molecule has 1 heterocycles.